The highest BCUT2D eigenvalue weighted by Crippen LogP contribution is 2.17. The van der Waals surface area contributed by atoms with Crippen LogP contribution < -0.4 is 0 Å². The van der Waals surface area contributed by atoms with Gasteiger partial charge < -0.3 is 5.11 Å². The van der Waals surface area contributed by atoms with Crippen LogP contribution >= 0.6 is 0 Å². The van der Waals surface area contributed by atoms with E-state index < -0.39 is 0 Å². The van der Waals surface area contributed by atoms with E-state index in [0.29, 0.717) is 5.92 Å². The lowest BCUT2D eigenvalue weighted by Gasteiger charge is -2.12. The van der Waals surface area contributed by atoms with Gasteiger partial charge in [-0.3, -0.25) is 0 Å². The van der Waals surface area contributed by atoms with Crippen LogP contribution in [-0.4, -0.2) is 11.7 Å². The first kappa shape index (κ1) is 10.7. The topological polar surface area (TPSA) is 20.2 Å². The van der Waals surface area contributed by atoms with Gasteiger partial charge in [-0.05, 0) is 25.2 Å². The van der Waals surface area contributed by atoms with E-state index in [9.17, 15) is 0 Å². The molecule has 0 aliphatic carbocycles. The van der Waals surface area contributed by atoms with Crippen LogP contribution in [0, 0.1) is 5.92 Å². The third kappa shape index (κ3) is 4.20. The molecule has 0 amide bonds. The second-order valence-electron chi connectivity index (χ2n) is 2.97. The Morgan fingerprint density at radius 2 is 2.09 bits per heavy atom. The minimum absolute atomic E-state index is 0.288. The lowest BCUT2D eigenvalue weighted by Crippen LogP contribution is -2.00. The van der Waals surface area contributed by atoms with Crippen molar-refractivity contribution in [2.45, 2.75) is 40.0 Å². The van der Waals surface area contributed by atoms with Gasteiger partial charge in [-0.2, -0.15) is 0 Å². The molecule has 11 heavy (non-hydrogen) atoms. The zero-order valence-electron chi connectivity index (χ0n) is 7.93. The van der Waals surface area contributed by atoms with Crippen molar-refractivity contribution >= 4 is 0 Å². The minimum Gasteiger partial charge on any atom is -0.396 e. The first-order valence-electron chi connectivity index (χ1n) is 4.56. The summed E-state index contributed by atoms with van der Waals surface area (Å²) in [5.41, 5.74) is 1.41. The van der Waals surface area contributed by atoms with E-state index in [1.807, 2.05) is 0 Å². The summed E-state index contributed by atoms with van der Waals surface area (Å²) in [6.45, 7) is 6.83. The first-order chi connectivity index (χ1) is 5.26. The first-order valence-corrected chi connectivity index (χ1v) is 4.56. The van der Waals surface area contributed by atoms with Crippen LogP contribution in [-0.2, 0) is 0 Å². The third-order valence-corrected chi connectivity index (χ3v) is 2.11. The Kier molecular flexibility index (Phi) is 6.24. The fraction of sp³-hybridized carbons (Fsp3) is 0.800. The largest absolute Gasteiger partial charge is 0.396 e. The molecular weight excluding hydrogens is 136 g/mol. The number of hydrogen-bond donors (Lipinski definition) is 1. The SMILES string of the molecule is CC/C=C(/CCO)C(C)CC. The van der Waals surface area contributed by atoms with Crippen molar-refractivity contribution in [3.8, 4) is 0 Å². The number of aliphatic hydroxyl groups excluding tert-OH is 1. The molecule has 0 fully saturated rings. The Bertz CT molecular complexity index is 116. The lowest BCUT2D eigenvalue weighted by atomic mass is 9.95. The maximum Gasteiger partial charge on any atom is 0.0468 e. The summed E-state index contributed by atoms with van der Waals surface area (Å²) >= 11 is 0. The van der Waals surface area contributed by atoms with Gasteiger partial charge in [0.05, 0.1) is 0 Å². The highest BCUT2D eigenvalue weighted by atomic mass is 16.2. The van der Waals surface area contributed by atoms with Gasteiger partial charge in [-0.15, -0.1) is 0 Å². The van der Waals surface area contributed by atoms with Crippen LogP contribution in [0.5, 0.6) is 0 Å². The summed E-state index contributed by atoms with van der Waals surface area (Å²) in [5, 5.41) is 8.77. The predicted octanol–water partition coefficient (Wildman–Crippen LogP) is 2.75. The van der Waals surface area contributed by atoms with E-state index in [0.717, 1.165) is 12.8 Å². The van der Waals surface area contributed by atoms with Gasteiger partial charge in [0, 0.05) is 6.61 Å². The summed E-state index contributed by atoms with van der Waals surface area (Å²) < 4.78 is 0. The zero-order valence-corrected chi connectivity index (χ0v) is 7.93. The fourth-order valence-electron chi connectivity index (χ4n) is 1.20. The van der Waals surface area contributed by atoms with Gasteiger partial charge >= 0.3 is 0 Å². The van der Waals surface area contributed by atoms with Gasteiger partial charge in [0.1, 0.15) is 0 Å². The second-order valence-corrected chi connectivity index (χ2v) is 2.97. The highest BCUT2D eigenvalue weighted by Gasteiger charge is 2.04. The highest BCUT2D eigenvalue weighted by molar-refractivity contribution is 5.05. The maximum absolute atomic E-state index is 8.77. The molecule has 1 nitrogen and oxygen atoms in total. The van der Waals surface area contributed by atoms with E-state index in [1.54, 1.807) is 0 Å². The normalized spacial score (nSPS) is 15.1. The van der Waals surface area contributed by atoms with Crippen LogP contribution in [0.25, 0.3) is 0 Å². The number of aliphatic hydroxyl groups is 1. The Morgan fingerprint density at radius 1 is 1.45 bits per heavy atom. The molecule has 0 aromatic carbocycles. The molecule has 0 bridgehead atoms. The van der Waals surface area contributed by atoms with Crippen LogP contribution in [0.2, 0.25) is 0 Å². The molecule has 1 heteroatoms. The number of hydrogen-bond acceptors (Lipinski definition) is 1. The summed E-state index contributed by atoms with van der Waals surface area (Å²) in [7, 11) is 0. The molecule has 0 aliphatic rings. The minimum atomic E-state index is 0.288. The standard InChI is InChI=1S/C10H20O/c1-4-6-10(7-8-11)9(3)5-2/h6,9,11H,4-5,7-8H2,1-3H3/b10-6-. The van der Waals surface area contributed by atoms with Crippen LogP contribution in [0.4, 0.5) is 0 Å². The quantitative estimate of drug-likeness (QED) is 0.607. The molecular formula is C10H20O. The predicted molar refractivity (Wildman–Crippen MR) is 49.5 cm³/mol. The molecule has 0 heterocycles. The zero-order chi connectivity index (χ0) is 8.69. The van der Waals surface area contributed by atoms with Gasteiger partial charge in [-0.1, -0.05) is 32.4 Å². The van der Waals surface area contributed by atoms with Crippen LogP contribution in [0.1, 0.15) is 40.0 Å². The van der Waals surface area contributed by atoms with Crippen molar-refractivity contribution in [1.82, 2.24) is 0 Å². The van der Waals surface area contributed by atoms with E-state index >= 15 is 0 Å². The average molecular weight is 156 g/mol. The molecule has 0 saturated heterocycles. The molecule has 0 saturated carbocycles. The molecule has 0 aromatic heterocycles. The Hall–Kier alpha value is -0.300. The van der Waals surface area contributed by atoms with Gasteiger partial charge in [0.2, 0.25) is 0 Å². The Morgan fingerprint density at radius 3 is 2.45 bits per heavy atom. The van der Waals surface area contributed by atoms with E-state index in [2.05, 4.69) is 26.8 Å². The van der Waals surface area contributed by atoms with Gasteiger partial charge in [0.15, 0.2) is 0 Å². The van der Waals surface area contributed by atoms with Crippen molar-refractivity contribution in [2.24, 2.45) is 5.92 Å². The van der Waals surface area contributed by atoms with Gasteiger partial charge in [-0.25, -0.2) is 0 Å². The van der Waals surface area contributed by atoms with Crippen LogP contribution in [0.15, 0.2) is 11.6 Å². The third-order valence-electron chi connectivity index (χ3n) is 2.11. The Labute approximate surface area is 70.1 Å². The van der Waals surface area contributed by atoms with Crippen molar-refractivity contribution in [3.05, 3.63) is 11.6 Å². The van der Waals surface area contributed by atoms with Gasteiger partial charge in [0.25, 0.3) is 0 Å². The second kappa shape index (κ2) is 6.41. The average Bonchev–Trinajstić information content (AvgIpc) is 2.03. The molecule has 1 N–H and O–H groups in total. The molecule has 0 radical (unpaired) electrons. The monoisotopic (exact) mass is 156 g/mol. The van der Waals surface area contributed by atoms with Crippen molar-refractivity contribution in [3.63, 3.8) is 0 Å². The summed E-state index contributed by atoms with van der Waals surface area (Å²) in [4.78, 5) is 0. The van der Waals surface area contributed by atoms with Crippen molar-refractivity contribution < 1.29 is 5.11 Å². The number of allylic oxidation sites excluding steroid dienone is 1. The summed E-state index contributed by atoms with van der Waals surface area (Å²) in [6, 6.07) is 0. The smallest absolute Gasteiger partial charge is 0.0468 e. The molecule has 1 unspecified atom stereocenters. The molecule has 0 rings (SSSR count). The molecule has 66 valence electrons. The summed E-state index contributed by atoms with van der Waals surface area (Å²) in [6.07, 6.45) is 5.35. The molecule has 1 atom stereocenters. The fourth-order valence-corrected chi connectivity index (χ4v) is 1.20. The van der Waals surface area contributed by atoms with E-state index in [1.165, 1.54) is 12.0 Å². The van der Waals surface area contributed by atoms with E-state index in [-0.39, 0.29) is 6.61 Å². The maximum atomic E-state index is 8.77. The van der Waals surface area contributed by atoms with Crippen LogP contribution in [0.3, 0.4) is 0 Å². The number of rotatable bonds is 5. The lowest BCUT2D eigenvalue weighted by molar-refractivity contribution is 0.294. The molecule has 0 aromatic rings. The van der Waals surface area contributed by atoms with Crippen molar-refractivity contribution in [1.29, 1.82) is 0 Å². The molecule has 0 spiro atoms. The van der Waals surface area contributed by atoms with Crippen molar-refractivity contribution in [2.75, 3.05) is 6.61 Å². The van der Waals surface area contributed by atoms with E-state index in [4.69, 9.17) is 5.11 Å². The Balaban J connectivity index is 3.97. The molecule has 0 aliphatic heterocycles. The summed E-state index contributed by atoms with van der Waals surface area (Å²) in [5.74, 6) is 0.641.